The Bertz CT molecular complexity index is 438. The molecule has 80 valence electrons. The zero-order valence-electron chi connectivity index (χ0n) is 8.22. The third-order valence-electron chi connectivity index (χ3n) is 1.95. The Hall–Kier alpha value is -1.43. The molecule has 0 saturated heterocycles. The normalized spacial score (nSPS) is 10.8. The van der Waals surface area contributed by atoms with Crippen LogP contribution in [0.15, 0.2) is 10.9 Å². The maximum Gasteiger partial charge on any atom is 0.228 e. The molecule has 0 aliphatic carbocycles. The van der Waals surface area contributed by atoms with Gasteiger partial charge in [0.15, 0.2) is 5.82 Å². The first kappa shape index (κ1) is 10.1. The summed E-state index contributed by atoms with van der Waals surface area (Å²) in [5.74, 6) is 2.35. The van der Waals surface area contributed by atoms with Crippen LogP contribution in [0.4, 0.5) is 0 Å². The van der Waals surface area contributed by atoms with Crippen molar-refractivity contribution >= 4 is 11.6 Å². The maximum atomic E-state index is 5.68. The smallest absolute Gasteiger partial charge is 0.228 e. The molecule has 0 bridgehead atoms. The molecular weight excluding hydrogens is 218 g/mol. The Balaban J connectivity index is 1.98. The Morgan fingerprint density at radius 1 is 1.53 bits per heavy atom. The standard InChI is InChI=1S/C8H10ClN5O/c1-6-11-8(15-13-6)2-3-14-5-10-12-7(14)4-9/h5H,2-4H2,1H3. The second-order valence-corrected chi connectivity index (χ2v) is 3.33. The third-order valence-corrected chi connectivity index (χ3v) is 2.19. The molecule has 0 saturated carbocycles. The fraction of sp³-hybridized carbons (Fsp3) is 0.500. The van der Waals surface area contributed by atoms with Crippen molar-refractivity contribution in [2.45, 2.75) is 25.8 Å². The minimum atomic E-state index is 0.350. The van der Waals surface area contributed by atoms with E-state index < -0.39 is 0 Å². The summed E-state index contributed by atoms with van der Waals surface area (Å²) in [4.78, 5) is 4.10. The molecule has 0 aromatic carbocycles. The van der Waals surface area contributed by atoms with Gasteiger partial charge < -0.3 is 9.09 Å². The minimum absolute atomic E-state index is 0.350. The molecule has 0 amide bonds. The van der Waals surface area contributed by atoms with E-state index in [4.69, 9.17) is 16.1 Å². The van der Waals surface area contributed by atoms with Gasteiger partial charge in [-0.2, -0.15) is 4.98 Å². The first-order valence-electron chi connectivity index (χ1n) is 4.51. The van der Waals surface area contributed by atoms with E-state index in [0.29, 0.717) is 30.6 Å². The molecule has 2 aromatic heterocycles. The highest BCUT2D eigenvalue weighted by atomic mass is 35.5. The van der Waals surface area contributed by atoms with Crippen LogP contribution in [0.2, 0.25) is 0 Å². The predicted octanol–water partition coefficient (Wildman–Crippen LogP) is 0.951. The van der Waals surface area contributed by atoms with Crippen molar-refractivity contribution < 1.29 is 4.52 Å². The molecule has 0 spiro atoms. The number of rotatable bonds is 4. The molecule has 6 nitrogen and oxygen atoms in total. The number of alkyl halides is 1. The van der Waals surface area contributed by atoms with Crippen LogP contribution in [0.3, 0.4) is 0 Å². The highest BCUT2D eigenvalue weighted by Gasteiger charge is 2.06. The van der Waals surface area contributed by atoms with E-state index in [2.05, 4.69) is 20.3 Å². The fourth-order valence-corrected chi connectivity index (χ4v) is 1.43. The summed E-state index contributed by atoms with van der Waals surface area (Å²) < 4.78 is 6.86. The van der Waals surface area contributed by atoms with E-state index in [1.807, 2.05) is 4.57 Å². The van der Waals surface area contributed by atoms with Crippen molar-refractivity contribution in [2.75, 3.05) is 0 Å². The van der Waals surface area contributed by atoms with Crippen molar-refractivity contribution in [2.24, 2.45) is 0 Å². The lowest BCUT2D eigenvalue weighted by Gasteiger charge is -2.00. The first-order valence-corrected chi connectivity index (χ1v) is 5.05. The van der Waals surface area contributed by atoms with E-state index in [0.717, 1.165) is 5.82 Å². The van der Waals surface area contributed by atoms with Gasteiger partial charge in [-0.1, -0.05) is 5.16 Å². The molecule has 0 radical (unpaired) electrons. The Labute approximate surface area is 91.3 Å². The monoisotopic (exact) mass is 227 g/mol. The van der Waals surface area contributed by atoms with E-state index in [1.54, 1.807) is 13.3 Å². The summed E-state index contributed by atoms with van der Waals surface area (Å²) in [6.45, 7) is 2.48. The fourth-order valence-electron chi connectivity index (χ4n) is 1.23. The van der Waals surface area contributed by atoms with Crippen molar-refractivity contribution in [3.05, 3.63) is 23.9 Å². The van der Waals surface area contributed by atoms with Crippen molar-refractivity contribution in [3.63, 3.8) is 0 Å². The second kappa shape index (κ2) is 4.39. The van der Waals surface area contributed by atoms with Gasteiger partial charge in [-0.25, -0.2) is 0 Å². The Kier molecular flexibility index (Phi) is 2.96. The van der Waals surface area contributed by atoms with Crippen LogP contribution in [0.5, 0.6) is 0 Å². The van der Waals surface area contributed by atoms with Crippen LogP contribution in [0.1, 0.15) is 17.5 Å². The van der Waals surface area contributed by atoms with Gasteiger partial charge in [-0.15, -0.1) is 21.8 Å². The topological polar surface area (TPSA) is 69.6 Å². The minimum Gasteiger partial charge on any atom is -0.339 e. The van der Waals surface area contributed by atoms with Crippen molar-refractivity contribution in [1.29, 1.82) is 0 Å². The molecule has 0 aliphatic rings. The number of halogens is 1. The summed E-state index contributed by atoms with van der Waals surface area (Å²) in [6, 6.07) is 0. The predicted molar refractivity (Wildman–Crippen MR) is 52.3 cm³/mol. The summed E-state index contributed by atoms with van der Waals surface area (Å²) in [7, 11) is 0. The van der Waals surface area contributed by atoms with Crippen LogP contribution < -0.4 is 0 Å². The number of aryl methyl sites for hydroxylation is 3. The zero-order valence-corrected chi connectivity index (χ0v) is 8.98. The molecule has 2 aromatic rings. The van der Waals surface area contributed by atoms with Crippen molar-refractivity contribution in [1.82, 2.24) is 24.9 Å². The van der Waals surface area contributed by atoms with Crippen LogP contribution in [0, 0.1) is 6.92 Å². The van der Waals surface area contributed by atoms with E-state index in [-0.39, 0.29) is 0 Å². The molecule has 15 heavy (non-hydrogen) atoms. The van der Waals surface area contributed by atoms with Gasteiger partial charge in [0.1, 0.15) is 12.2 Å². The highest BCUT2D eigenvalue weighted by molar-refractivity contribution is 6.16. The molecule has 2 heterocycles. The Morgan fingerprint density at radius 2 is 2.40 bits per heavy atom. The van der Waals surface area contributed by atoms with Gasteiger partial charge in [0.05, 0.1) is 5.88 Å². The molecule has 0 fully saturated rings. The van der Waals surface area contributed by atoms with E-state index in [9.17, 15) is 0 Å². The summed E-state index contributed by atoms with van der Waals surface area (Å²) in [5.41, 5.74) is 0. The molecule has 0 aliphatic heterocycles. The zero-order chi connectivity index (χ0) is 10.7. The van der Waals surface area contributed by atoms with Crippen molar-refractivity contribution in [3.8, 4) is 0 Å². The Morgan fingerprint density at radius 3 is 3.07 bits per heavy atom. The first-order chi connectivity index (χ1) is 7.29. The lowest BCUT2D eigenvalue weighted by Crippen LogP contribution is -2.04. The van der Waals surface area contributed by atoms with Crippen LogP contribution in [0.25, 0.3) is 0 Å². The number of hydrogen-bond donors (Lipinski definition) is 0. The lowest BCUT2D eigenvalue weighted by molar-refractivity contribution is 0.368. The molecule has 0 N–H and O–H groups in total. The van der Waals surface area contributed by atoms with Gasteiger partial charge in [-0.3, -0.25) is 0 Å². The number of hydrogen-bond acceptors (Lipinski definition) is 5. The average molecular weight is 228 g/mol. The average Bonchev–Trinajstić information content (AvgIpc) is 2.83. The number of aromatic nitrogens is 5. The van der Waals surface area contributed by atoms with Gasteiger partial charge in [0, 0.05) is 13.0 Å². The van der Waals surface area contributed by atoms with Gasteiger partial charge >= 0.3 is 0 Å². The summed E-state index contributed by atoms with van der Waals surface area (Å²) in [5, 5.41) is 11.3. The largest absolute Gasteiger partial charge is 0.339 e. The quantitative estimate of drug-likeness (QED) is 0.728. The maximum absolute atomic E-state index is 5.68. The second-order valence-electron chi connectivity index (χ2n) is 3.06. The van der Waals surface area contributed by atoms with Gasteiger partial charge in [0.25, 0.3) is 0 Å². The number of nitrogens with zero attached hydrogens (tertiary/aromatic N) is 5. The van der Waals surface area contributed by atoms with E-state index in [1.165, 1.54) is 0 Å². The molecule has 0 atom stereocenters. The van der Waals surface area contributed by atoms with Crippen LogP contribution in [-0.4, -0.2) is 24.9 Å². The van der Waals surface area contributed by atoms with Crippen LogP contribution >= 0.6 is 11.6 Å². The molecule has 2 rings (SSSR count). The third kappa shape index (κ3) is 2.33. The molecule has 0 unspecified atom stereocenters. The SMILES string of the molecule is Cc1noc(CCn2cnnc2CCl)n1. The lowest BCUT2D eigenvalue weighted by atomic mass is 10.4. The summed E-state index contributed by atoms with van der Waals surface area (Å²) in [6.07, 6.45) is 2.30. The molecular formula is C8H10ClN5O. The molecule has 7 heteroatoms. The van der Waals surface area contributed by atoms with Crippen LogP contribution in [-0.2, 0) is 18.8 Å². The summed E-state index contributed by atoms with van der Waals surface area (Å²) >= 11 is 5.68. The van der Waals surface area contributed by atoms with E-state index >= 15 is 0 Å². The van der Waals surface area contributed by atoms with Gasteiger partial charge in [-0.05, 0) is 6.92 Å². The highest BCUT2D eigenvalue weighted by Crippen LogP contribution is 2.03. The van der Waals surface area contributed by atoms with Gasteiger partial charge in [0.2, 0.25) is 5.89 Å².